The van der Waals surface area contributed by atoms with Crippen molar-refractivity contribution in [2.24, 2.45) is 5.73 Å². The van der Waals surface area contributed by atoms with Crippen molar-refractivity contribution in [3.8, 4) is 11.5 Å². The number of nitrogens with two attached hydrogens (primary N) is 1. The van der Waals surface area contributed by atoms with Gasteiger partial charge >= 0.3 is 0 Å². The zero-order chi connectivity index (χ0) is 14.5. The minimum atomic E-state index is -0.286. The second-order valence-corrected chi connectivity index (χ2v) is 4.60. The van der Waals surface area contributed by atoms with Crippen LogP contribution in [0.25, 0.3) is 0 Å². The molecule has 1 heterocycles. The van der Waals surface area contributed by atoms with E-state index in [1.807, 2.05) is 29.1 Å². The first kappa shape index (κ1) is 14.4. The predicted molar refractivity (Wildman–Crippen MR) is 78.1 cm³/mol. The van der Waals surface area contributed by atoms with Crippen molar-refractivity contribution < 1.29 is 9.47 Å². The Morgan fingerprint density at radius 1 is 1.30 bits per heavy atom. The van der Waals surface area contributed by atoms with Gasteiger partial charge in [-0.15, -0.1) is 0 Å². The Bertz CT molecular complexity index is 566. The van der Waals surface area contributed by atoms with E-state index in [4.69, 9.17) is 15.2 Å². The van der Waals surface area contributed by atoms with Crippen molar-refractivity contribution in [1.29, 1.82) is 0 Å². The van der Waals surface area contributed by atoms with Gasteiger partial charge in [-0.1, -0.05) is 19.1 Å². The highest BCUT2D eigenvalue weighted by atomic mass is 16.5. The van der Waals surface area contributed by atoms with Gasteiger partial charge in [-0.3, -0.25) is 4.68 Å². The van der Waals surface area contributed by atoms with E-state index in [2.05, 4.69) is 12.0 Å². The van der Waals surface area contributed by atoms with Gasteiger partial charge in [0, 0.05) is 23.9 Å². The van der Waals surface area contributed by atoms with Crippen LogP contribution in [0.1, 0.15) is 30.5 Å². The smallest absolute Gasteiger partial charge is 0.165 e. The maximum absolute atomic E-state index is 6.34. The Morgan fingerprint density at radius 3 is 2.75 bits per heavy atom. The minimum Gasteiger partial charge on any atom is -0.493 e. The molecule has 0 saturated carbocycles. The summed E-state index contributed by atoms with van der Waals surface area (Å²) >= 11 is 0. The van der Waals surface area contributed by atoms with E-state index in [1.165, 1.54) is 0 Å². The number of aryl methyl sites for hydroxylation is 1. The second-order valence-electron chi connectivity index (χ2n) is 4.60. The van der Waals surface area contributed by atoms with Crippen LogP contribution in [0, 0.1) is 0 Å². The van der Waals surface area contributed by atoms with Crippen molar-refractivity contribution >= 4 is 0 Å². The molecule has 0 bridgehead atoms. The maximum Gasteiger partial charge on any atom is 0.165 e. The Morgan fingerprint density at radius 2 is 2.10 bits per heavy atom. The van der Waals surface area contributed by atoms with Crippen molar-refractivity contribution in [3.63, 3.8) is 0 Å². The average molecular weight is 275 g/mol. The molecule has 2 N–H and O–H groups in total. The molecule has 2 aromatic rings. The van der Waals surface area contributed by atoms with Crippen molar-refractivity contribution in [2.75, 3.05) is 14.2 Å². The van der Waals surface area contributed by atoms with Crippen LogP contribution in [0.3, 0.4) is 0 Å². The fraction of sp³-hybridized carbons (Fsp3) is 0.400. The third-order valence-corrected chi connectivity index (χ3v) is 3.23. The fourth-order valence-electron chi connectivity index (χ4n) is 2.23. The van der Waals surface area contributed by atoms with Crippen molar-refractivity contribution in [2.45, 2.75) is 25.9 Å². The molecule has 20 heavy (non-hydrogen) atoms. The Kier molecular flexibility index (Phi) is 4.63. The Labute approximate surface area is 119 Å². The molecule has 0 amide bonds. The molecule has 0 radical (unpaired) electrons. The van der Waals surface area contributed by atoms with E-state index in [0.717, 1.165) is 24.1 Å². The highest BCUT2D eigenvalue weighted by Crippen LogP contribution is 2.35. The lowest BCUT2D eigenvalue weighted by Gasteiger charge is -2.16. The molecule has 108 valence electrons. The summed E-state index contributed by atoms with van der Waals surface area (Å²) in [6.45, 7) is 3.01. The molecule has 1 atom stereocenters. The number of hydrogen-bond acceptors (Lipinski definition) is 4. The van der Waals surface area contributed by atoms with Gasteiger partial charge in [0.05, 0.1) is 26.5 Å². The number of methoxy groups -OCH3 is 2. The van der Waals surface area contributed by atoms with Gasteiger partial charge in [0.2, 0.25) is 0 Å². The molecule has 1 aromatic heterocycles. The van der Waals surface area contributed by atoms with Gasteiger partial charge in [-0.25, -0.2) is 0 Å². The molecular weight excluding hydrogens is 254 g/mol. The van der Waals surface area contributed by atoms with E-state index in [1.54, 1.807) is 20.4 Å². The van der Waals surface area contributed by atoms with E-state index in [0.29, 0.717) is 11.5 Å². The van der Waals surface area contributed by atoms with Crippen LogP contribution in [-0.4, -0.2) is 24.0 Å². The van der Waals surface area contributed by atoms with Crippen molar-refractivity contribution in [1.82, 2.24) is 9.78 Å². The maximum atomic E-state index is 6.34. The summed E-state index contributed by atoms with van der Waals surface area (Å²) in [5.41, 5.74) is 8.19. The number of hydrogen-bond donors (Lipinski definition) is 1. The molecule has 0 fully saturated rings. The molecule has 0 aliphatic rings. The number of para-hydroxylation sites is 1. The van der Waals surface area contributed by atoms with E-state index in [9.17, 15) is 0 Å². The van der Waals surface area contributed by atoms with Crippen LogP contribution in [0.4, 0.5) is 0 Å². The summed E-state index contributed by atoms with van der Waals surface area (Å²) in [6, 6.07) is 5.43. The molecule has 0 aliphatic heterocycles. The summed E-state index contributed by atoms with van der Waals surface area (Å²) in [7, 11) is 3.24. The highest BCUT2D eigenvalue weighted by Gasteiger charge is 2.18. The summed E-state index contributed by atoms with van der Waals surface area (Å²) in [6.07, 6.45) is 4.82. The number of rotatable bonds is 6. The zero-order valence-corrected chi connectivity index (χ0v) is 12.2. The van der Waals surface area contributed by atoms with Gasteiger partial charge in [0.15, 0.2) is 11.5 Å². The van der Waals surface area contributed by atoms with Crippen LogP contribution in [-0.2, 0) is 6.54 Å². The molecule has 0 aliphatic carbocycles. The third kappa shape index (κ3) is 2.77. The van der Waals surface area contributed by atoms with Gasteiger partial charge < -0.3 is 15.2 Å². The van der Waals surface area contributed by atoms with E-state index >= 15 is 0 Å². The normalized spacial score (nSPS) is 12.2. The van der Waals surface area contributed by atoms with Crippen molar-refractivity contribution in [3.05, 3.63) is 41.7 Å². The fourth-order valence-corrected chi connectivity index (χ4v) is 2.23. The Balaban J connectivity index is 2.34. The summed E-state index contributed by atoms with van der Waals surface area (Å²) in [5.74, 6) is 1.35. The molecule has 1 aromatic carbocycles. The SMILES string of the molecule is CCCn1cc(C(N)c2cccc(OC)c2OC)cn1. The first-order valence-corrected chi connectivity index (χ1v) is 6.70. The van der Waals surface area contributed by atoms with Crippen LogP contribution >= 0.6 is 0 Å². The summed E-state index contributed by atoms with van der Waals surface area (Å²) < 4.78 is 12.6. The predicted octanol–water partition coefficient (Wildman–Crippen LogP) is 2.36. The molecular formula is C15H21N3O2. The van der Waals surface area contributed by atoms with Crippen LogP contribution < -0.4 is 15.2 Å². The van der Waals surface area contributed by atoms with Gasteiger partial charge in [0.25, 0.3) is 0 Å². The summed E-state index contributed by atoms with van der Waals surface area (Å²) in [4.78, 5) is 0. The van der Waals surface area contributed by atoms with Gasteiger partial charge in [-0.2, -0.15) is 5.10 Å². The number of aromatic nitrogens is 2. The highest BCUT2D eigenvalue weighted by molar-refractivity contribution is 5.50. The molecule has 5 nitrogen and oxygen atoms in total. The van der Waals surface area contributed by atoms with E-state index in [-0.39, 0.29) is 6.04 Å². The number of nitrogens with zero attached hydrogens (tertiary/aromatic N) is 2. The van der Waals surface area contributed by atoms with E-state index < -0.39 is 0 Å². The lowest BCUT2D eigenvalue weighted by atomic mass is 10.0. The lowest BCUT2D eigenvalue weighted by molar-refractivity contribution is 0.350. The molecule has 2 rings (SSSR count). The molecule has 0 spiro atoms. The first-order valence-electron chi connectivity index (χ1n) is 6.70. The quantitative estimate of drug-likeness (QED) is 0.879. The second kappa shape index (κ2) is 6.43. The average Bonchev–Trinajstić information content (AvgIpc) is 2.94. The monoisotopic (exact) mass is 275 g/mol. The Hall–Kier alpha value is -2.01. The number of ether oxygens (including phenoxy) is 2. The van der Waals surface area contributed by atoms with Crippen LogP contribution in [0.2, 0.25) is 0 Å². The van der Waals surface area contributed by atoms with Gasteiger partial charge in [-0.05, 0) is 12.5 Å². The zero-order valence-electron chi connectivity index (χ0n) is 12.2. The first-order chi connectivity index (χ1) is 9.71. The largest absolute Gasteiger partial charge is 0.493 e. The third-order valence-electron chi connectivity index (χ3n) is 3.23. The van der Waals surface area contributed by atoms with Crippen LogP contribution in [0.15, 0.2) is 30.6 Å². The standard InChI is InChI=1S/C15H21N3O2/c1-4-8-18-10-11(9-17-18)14(16)12-6-5-7-13(19-2)15(12)20-3/h5-7,9-10,14H,4,8,16H2,1-3H3. The lowest BCUT2D eigenvalue weighted by Crippen LogP contribution is -2.13. The molecule has 0 saturated heterocycles. The summed E-state index contributed by atoms with van der Waals surface area (Å²) in [5, 5.41) is 4.32. The minimum absolute atomic E-state index is 0.286. The molecule has 5 heteroatoms. The number of benzene rings is 1. The van der Waals surface area contributed by atoms with Gasteiger partial charge in [0.1, 0.15) is 0 Å². The molecule has 1 unspecified atom stereocenters. The van der Waals surface area contributed by atoms with Crippen LogP contribution in [0.5, 0.6) is 11.5 Å². The topological polar surface area (TPSA) is 62.3 Å².